The zero-order valence-corrected chi connectivity index (χ0v) is 15.4. The van der Waals surface area contributed by atoms with Crippen molar-refractivity contribution in [2.24, 2.45) is 5.92 Å². The summed E-state index contributed by atoms with van der Waals surface area (Å²) in [7, 11) is 0. The number of likely N-dealkylation sites (tertiary alicyclic amines) is 1. The van der Waals surface area contributed by atoms with Crippen LogP contribution in [0.4, 0.5) is 0 Å². The lowest BCUT2D eigenvalue weighted by Gasteiger charge is -2.37. The summed E-state index contributed by atoms with van der Waals surface area (Å²) in [4.78, 5) is 15.1. The zero-order valence-electron chi connectivity index (χ0n) is 15.4. The summed E-state index contributed by atoms with van der Waals surface area (Å²) < 4.78 is 5.60. The number of ether oxygens (including phenoxy) is 1. The predicted octanol–water partition coefficient (Wildman–Crippen LogP) is 1.95. The number of hydrogen-bond acceptors (Lipinski definition) is 4. The molecular weight excluding hydrogens is 314 g/mol. The van der Waals surface area contributed by atoms with Gasteiger partial charge in [0, 0.05) is 13.1 Å². The Kier molecular flexibility index (Phi) is 6.45. The molecule has 1 unspecified atom stereocenters. The molecule has 0 aliphatic carbocycles. The van der Waals surface area contributed by atoms with E-state index in [-0.39, 0.29) is 24.1 Å². The predicted molar refractivity (Wildman–Crippen MR) is 99.4 cm³/mol. The largest absolute Gasteiger partial charge is 0.375 e. The third kappa shape index (κ3) is 4.81. The first-order chi connectivity index (χ1) is 12.1. The second-order valence-electron chi connectivity index (χ2n) is 7.40. The first kappa shape index (κ1) is 18.4. The van der Waals surface area contributed by atoms with Crippen molar-refractivity contribution in [1.82, 2.24) is 15.5 Å². The van der Waals surface area contributed by atoms with E-state index >= 15 is 0 Å². The van der Waals surface area contributed by atoms with Crippen molar-refractivity contribution in [1.29, 1.82) is 0 Å². The lowest BCUT2D eigenvalue weighted by atomic mass is 9.95. The fourth-order valence-corrected chi connectivity index (χ4v) is 3.81. The summed E-state index contributed by atoms with van der Waals surface area (Å²) in [5.41, 5.74) is 1.28. The van der Waals surface area contributed by atoms with Crippen molar-refractivity contribution in [3.63, 3.8) is 0 Å². The van der Waals surface area contributed by atoms with E-state index in [1.807, 2.05) is 13.0 Å². The molecule has 5 nitrogen and oxygen atoms in total. The van der Waals surface area contributed by atoms with Crippen molar-refractivity contribution >= 4 is 5.91 Å². The highest BCUT2D eigenvalue weighted by Gasteiger charge is 2.30. The molecule has 2 saturated heterocycles. The molecule has 0 saturated carbocycles. The third-order valence-electron chi connectivity index (χ3n) is 5.51. The minimum Gasteiger partial charge on any atom is -0.375 e. The zero-order chi connectivity index (χ0) is 17.6. The van der Waals surface area contributed by atoms with Gasteiger partial charge in [0.15, 0.2) is 0 Å². The molecule has 0 bridgehead atoms. The van der Waals surface area contributed by atoms with Crippen LogP contribution < -0.4 is 10.6 Å². The van der Waals surface area contributed by atoms with E-state index in [4.69, 9.17) is 4.74 Å². The molecule has 2 heterocycles. The number of piperidine rings is 1. The van der Waals surface area contributed by atoms with E-state index in [0.29, 0.717) is 13.2 Å². The maximum atomic E-state index is 12.6. The Bertz CT molecular complexity index is 543. The number of carbonyl (C=O) groups excluding carboxylic acids is 1. The molecule has 5 heteroatoms. The van der Waals surface area contributed by atoms with Gasteiger partial charge >= 0.3 is 0 Å². The average molecular weight is 345 g/mol. The lowest BCUT2D eigenvalue weighted by molar-refractivity contribution is -0.129. The molecule has 1 amide bonds. The second kappa shape index (κ2) is 8.79. The van der Waals surface area contributed by atoms with E-state index < -0.39 is 0 Å². The van der Waals surface area contributed by atoms with Gasteiger partial charge in [-0.25, -0.2) is 0 Å². The van der Waals surface area contributed by atoms with Crippen LogP contribution in [-0.2, 0) is 9.53 Å². The summed E-state index contributed by atoms with van der Waals surface area (Å²) in [5, 5.41) is 6.43. The van der Waals surface area contributed by atoms with Crippen molar-refractivity contribution in [2.45, 2.75) is 44.9 Å². The van der Waals surface area contributed by atoms with Crippen LogP contribution >= 0.6 is 0 Å². The van der Waals surface area contributed by atoms with Crippen molar-refractivity contribution in [3.05, 3.63) is 35.9 Å². The molecular formula is C20H31N3O2. The van der Waals surface area contributed by atoms with E-state index in [0.717, 1.165) is 25.6 Å². The van der Waals surface area contributed by atoms with Gasteiger partial charge in [-0.05, 0) is 44.3 Å². The number of nitrogens with one attached hydrogen (secondary N) is 2. The van der Waals surface area contributed by atoms with Crippen molar-refractivity contribution in [2.75, 3.05) is 32.8 Å². The summed E-state index contributed by atoms with van der Waals surface area (Å²) in [6.45, 7) is 8.51. The summed E-state index contributed by atoms with van der Waals surface area (Å²) in [6.07, 6.45) is 2.37. The van der Waals surface area contributed by atoms with Gasteiger partial charge in [0.1, 0.15) is 6.04 Å². The first-order valence-corrected chi connectivity index (χ1v) is 9.57. The smallest absolute Gasteiger partial charge is 0.239 e. The van der Waals surface area contributed by atoms with E-state index in [1.54, 1.807) is 0 Å². The fraction of sp³-hybridized carbons (Fsp3) is 0.650. The van der Waals surface area contributed by atoms with Crippen LogP contribution in [0.5, 0.6) is 0 Å². The highest BCUT2D eigenvalue weighted by atomic mass is 16.5. The number of rotatable bonds is 5. The van der Waals surface area contributed by atoms with Gasteiger partial charge in [-0.1, -0.05) is 37.3 Å². The molecule has 2 aliphatic rings. The molecule has 1 aromatic rings. The van der Waals surface area contributed by atoms with Gasteiger partial charge < -0.3 is 15.4 Å². The van der Waals surface area contributed by atoms with E-state index in [1.165, 1.54) is 18.4 Å². The van der Waals surface area contributed by atoms with Crippen molar-refractivity contribution in [3.8, 4) is 0 Å². The quantitative estimate of drug-likeness (QED) is 0.856. The van der Waals surface area contributed by atoms with E-state index in [9.17, 15) is 4.79 Å². The number of hydrogen-bond donors (Lipinski definition) is 2. The van der Waals surface area contributed by atoms with Gasteiger partial charge in [0.25, 0.3) is 0 Å². The Hall–Kier alpha value is -1.43. The highest BCUT2D eigenvalue weighted by Crippen LogP contribution is 2.26. The maximum Gasteiger partial charge on any atom is 0.239 e. The Balaban J connectivity index is 1.64. The van der Waals surface area contributed by atoms with Crippen LogP contribution in [-0.4, -0.2) is 55.7 Å². The minimum atomic E-state index is -0.258. The Labute approximate surface area is 151 Å². The molecule has 2 N–H and O–H groups in total. The summed E-state index contributed by atoms with van der Waals surface area (Å²) in [5.74, 6) is 0.838. The van der Waals surface area contributed by atoms with Gasteiger partial charge in [-0.2, -0.15) is 0 Å². The Morgan fingerprint density at radius 1 is 1.28 bits per heavy atom. The molecule has 25 heavy (non-hydrogen) atoms. The fourth-order valence-electron chi connectivity index (χ4n) is 3.81. The average Bonchev–Trinajstić information content (AvgIpc) is 2.64. The minimum absolute atomic E-state index is 0.0403. The monoisotopic (exact) mass is 345 g/mol. The summed E-state index contributed by atoms with van der Waals surface area (Å²) in [6, 6.07) is 10.5. The van der Waals surface area contributed by atoms with Crippen LogP contribution in [0.1, 0.15) is 38.3 Å². The number of nitrogens with zero attached hydrogens (tertiary/aromatic N) is 1. The SMILES string of the molecule is CC1CCN(C(CNC(=O)[C@H]2NCCO[C@@H]2C)c2ccccc2)CC1. The molecule has 1 aromatic carbocycles. The van der Waals surface area contributed by atoms with Gasteiger partial charge in [-0.15, -0.1) is 0 Å². The highest BCUT2D eigenvalue weighted by molar-refractivity contribution is 5.82. The van der Waals surface area contributed by atoms with E-state index in [2.05, 4.69) is 46.7 Å². The molecule has 0 radical (unpaired) electrons. The number of benzene rings is 1. The van der Waals surface area contributed by atoms with Gasteiger partial charge in [0.2, 0.25) is 5.91 Å². The number of morpholine rings is 1. The van der Waals surface area contributed by atoms with Crippen LogP contribution in [0.2, 0.25) is 0 Å². The Morgan fingerprint density at radius 3 is 2.68 bits per heavy atom. The van der Waals surface area contributed by atoms with Gasteiger partial charge in [-0.3, -0.25) is 9.69 Å². The normalized spacial score (nSPS) is 27.0. The molecule has 0 aromatic heterocycles. The molecule has 3 rings (SSSR count). The molecule has 0 spiro atoms. The van der Waals surface area contributed by atoms with Crippen molar-refractivity contribution < 1.29 is 9.53 Å². The lowest BCUT2D eigenvalue weighted by Crippen LogP contribution is -2.56. The summed E-state index contributed by atoms with van der Waals surface area (Å²) >= 11 is 0. The number of carbonyl (C=O) groups is 1. The standard InChI is InChI=1S/C20H31N3O2/c1-15-8-11-23(12-9-15)18(17-6-4-3-5-7-17)14-22-20(24)19-16(2)25-13-10-21-19/h3-7,15-16,18-19,21H,8-14H2,1-2H3,(H,22,24)/t16-,18?,19+/m1/s1. The second-order valence-corrected chi connectivity index (χ2v) is 7.40. The maximum absolute atomic E-state index is 12.6. The van der Waals surface area contributed by atoms with Crippen LogP contribution in [0.25, 0.3) is 0 Å². The van der Waals surface area contributed by atoms with Gasteiger partial charge in [0.05, 0.1) is 18.8 Å². The Morgan fingerprint density at radius 2 is 2.00 bits per heavy atom. The molecule has 2 fully saturated rings. The van der Waals surface area contributed by atoms with Crippen LogP contribution in [0.15, 0.2) is 30.3 Å². The molecule has 138 valence electrons. The molecule has 3 atom stereocenters. The first-order valence-electron chi connectivity index (χ1n) is 9.57. The van der Waals surface area contributed by atoms with Crippen LogP contribution in [0.3, 0.4) is 0 Å². The van der Waals surface area contributed by atoms with Crippen LogP contribution in [0, 0.1) is 5.92 Å². The number of amides is 1. The third-order valence-corrected chi connectivity index (χ3v) is 5.51. The molecule has 2 aliphatic heterocycles. The topological polar surface area (TPSA) is 53.6 Å².